The van der Waals surface area contributed by atoms with Crippen LogP contribution in [0.15, 0.2) is 97.6 Å². The third-order valence-electron chi connectivity index (χ3n) is 6.16. The number of aliphatic hydroxyl groups is 1. The van der Waals surface area contributed by atoms with Crippen LogP contribution in [0.5, 0.6) is 0 Å². The molecule has 4 rings (SSSR count). The SMILES string of the molecule is C=C(c1ccccc1)[C@@]1(O)CCCC[C@H]1NC(c1ccccc1)c1ccccc1. The molecule has 3 aromatic rings. The first-order valence-electron chi connectivity index (χ1n) is 10.5. The van der Waals surface area contributed by atoms with E-state index in [-0.39, 0.29) is 12.1 Å². The van der Waals surface area contributed by atoms with E-state index in [1.165, 1.54) is 11.1 Å². The van der Waals surface area contributed by atoms with Crippen molar-refractivity contribution in [3.8, 4) is 0 Å². The van der Waals surface area contributed by atoms with E-state index in [2.05, 4.69) is 60.4 Å². The van der Waals surface area contributed by atoms with Crippen molar-refractivity contribution < 1.29 is 5.11 Å². The molecule has 1 aliphatic rings. The molecule has 0 radical (unpaired) electrons. The molecule has 2 heteroatoms. The lowest BCUT2D eigenvalue weighted by Gasteiger charge is -2.44. The summed E-state index contributed by atoms with van der Waals surface area (Å²) in [5.41, 5.74) is 3.28. The van der Waals surface area contributed by atoms with E-state index in [1.807, 2.05) is 42.5 Å². The Labute approximate surface area is 173 Å². The van der Waals surface area contributed by atoms with Gasteiger partial charge in [0.25, 0.3) is 0 Å². The Morgan fingerprint density at radius 2 is 1.34 bits per heavy atom. The van der Waals surface area contributed by atoms with Gasteiger partial charge < -0.3 is 10.4 Å². The zero-order valence-electron chi connectivity index (χ0n) is 16.8. The standard InChI is InChI=1S/C27H29NO/c1-21(22-13-5-2-6-14-22)27(29)20-12-11-19-25(27)28-26(23-15-7-3-8-16-23)24-17-9-4-10-18-24/h2-10,13-18,25-26,28-29H,1,11-12,19-20H2/t25-,27+/m1/s1. The summed E-state index contributed by atoms with van der Waals surface area (Å²) in [6.45, 7) is 4.33. The molecule has 0 heterocycles. The number of benzene rings is 3. The molecule has 1 saturated carbocycles. The lowest BCUT2D eigenvalue weighted by Crippen LogP contribution is -2.54. The molecule has 0 unspecified atom stereocenters. The highest BCUT2D eigenvalue weighted by Gasteiger charge is 2.42. The van der Waals surface area contributed by atoms with Crippen molar-refractivity contribution in [3.63, 3.8) is 0 Å². The third kappa shape index (κ3) is 4.19. The normalized spacial score (nSPS) is 21.8. The molecule has 2 N–H and O–H groups in total. The molecular weight excluding hydrogens is 354 g/mol. The molecule has 0 amide bonds. The van der Waals surface area contributed by atoms with Crippen molar-refractivity contribution in [2.45, 2.75) is 43.4 Å². The Bertz CT molecular complexity index is 883. The smallest absolute Gasteiger partial charge is 0.105 e. The van der Waals surface area contributed by atoms with E-state index in [9.17, 15) is 5.11 Å². The number of hydrogen-bond acceptors (Lipinski definition) is 2. The first kappa shape index (κ1) is 19.6. The molecule has 3 aromatic carbocycles. The predicted octanol–water partition coefficient (Wildman–Crippen LogP) is 5.75. The second-order valence-corrected chi connectivity index (χ2v) is 7.99. The van der Waals surface area contributed by atoms with E-state index in [0.29, 0.717) is 0 Å². The van der Waals surface area contributed by atoms with E-state index in [4.69, 9.17) is 0 Å². The quantitative estimate of drug-likeness (QED) is 0.568. The highest BCUT2D eigenvalue weighted by atomic mass is 16.3. The molecule has 0 bridgehead atoms. The van der Waals surface area contributed by atoms with Gasteiger partial charge in [-0.25, -0.2) is 0 Å². The molecule has 1 aliphatic carbocycles. The molecule has 0 saturated heterocycles. The summed E-state index contributed by atoms with van der Waals surface area (Å²) in [5.74, 6) is 0. The fourth-order valence-corrected chi connectivity index (χ4v) is 4.50. The van der Waals surface area contributed by atoms with Gasteiger partial charge in [-0.15, -0.1) is 0 Å². The minimum absolute atomic E-state index is 0.0237. The van der Waals surface area contributed by atoms with Crippen molar-refractivity contribution in [2.75, 3.05) is 0 Å². The van der Waals surface area contributed by atoms with Crippen LogP contribution in [0.4, 0.5) is 0 Å². The summed E-state index contributed by atoms with van der Waals surface area (Å²) < 4.78 is 0. The molecule has 0 spiro atoms. The second kappa shape index (κ2) is 8.77. The van der Waals surface area contributed by atoms with Crippen LogP contribution in [0.3, 0.4) is 0 Å². The summed E-state index contributed by atoms with van der Waals surface area (Å²) in [5, 5.41) is 15.7. The molecule has 29 heavy (non-hydrogen) atoms. The van der Waals surface area contributed by atoms with Gasteiger partial charge in [0.1, 0.15) is 5.60 Å². The molecule has 148 valence electrons. The average Bonchev–Trinajstić information content (AvgIpc) is 2.80. The van der Waals surface area contributed by atoms with Gasteiger partial charge in [-0.05, 0) is 35.1 Å². The number of nitrogens with one attached hydrogen (secondary N) is 1. The first-order valence-corrected chi connectivity index (χ1v) is 10.5. The van der Waals surface area contributed by atoms with Gasteiger partial charge in [-0.3, -0.25) is 0 Å². The van der Waals surface area contributed by atoms with Crippen molar-refractivity contribution >= 4 is 5.57 Å². The van der Waals surface area contributed by atoms with Gasteiger partial charge in [-0.2, -0.15) is 0 Å². The lowest BCUT2D eigenvalue weighted by molar-refractivity contribution is 0.0237. The lowest BCUT2D eigenvalue weighted by atomic mass is 9.73. The van der Waals surface area contributed by atoms with Crippen LogP contribution in [-0.4, -0.2) is 16.7 Å². The van der Waals surface area contributed by atoms with Gasteiger partial charge in [0, 0.05) is 6.04 Å². The molecular formula is C27H29NO. The van der Waals surface area contributed by atoms with Crippen molar-refractivity contribution in [3.05, 3.63) is 114 Å². The zero-order valence-corrected chi connectivity index (χ0v) is 16.8. The molecule has 1 fully saturated rings. The van der Waals surface area contributed by atoms with Crippen LogP contribution in [0.2, 0.25) is 0 Å². The van der Waals surface area contributed by atoms with E-state index >= 15 is 0 Å². The largest absolute Gasteiger partial charge is 0.384 e. The Kier molecular flexibility index (Phi) is 5.94. The maximum Gasteiger partial charge on any atom is 0.105 e. The van der Waals surface area contributed by atoms with Gasteiger partial charge in [0.05, 0.1) is 6.04 Å². The fourth-order valence-electron chi connectivity index (χ4n) is 4.50. The summed E-state index contributed by atoms with van der Waals surface area (Å²) >= 11 is 0. The van der Waals surface area contributed by atoms with Gasteiger partial charge in [0.2, 0.25) is 0 Å². The number of rotatable bonds is 6. The summed E-state index contributed by atoms with van der Waals surface area (Å²) in [6.07, 6.45) is 3.79. The van der Waals surface area contributed by atoms with Crippen molar-refractivity contribution in [1.82, 2.24) is 5.32 Å². The highest BCUT2D eigenvalue weighted by molar-refractivity contribution is 5.71. The van der Waals surface area contributed by atoms with Gasteiger partial charge in [-0.1, -0.05) is 110 Å². The Hall–Kier alpha value is -2.68. The molecule has 2 nitrogen and oxygen atoms in total. The minimum Gasteiger partial charge on any atom is -0.384 e. The van der Waals surface area contributed by atoms with E-state index in [0.717, 1.165) is 36.8 Å². The van der Waals surface area contributed by atoms with Crippen LogP contribution in [0, 0.1) is 0 Å². The topological polar surface area (TPSA) is 32.3 Å². The Balaban J connectivity index is 1.67. The van der Waals surface area contributed by atoms with E-state index in [1.54, 1.807) is 0 Å². The van der Waals surface area contributed by atoms with Crippen LogP contribution in [-0.2, 0) is 0 Å². The summed E-state index contributed by atoms with van der Waals surface area (Å²) in [6, 6.07) is 31.0. The van der Waals surface area contributed by atoms with Crippen LogP contribution in [0.25, 0.3) is 5.57 Å². The molecule has 0 aliphatic heterocycles. The van der Waals surface area contributed by atoms with Crippen molar-refractivity contribution in [1.29, 1.82) is 0 Å². The monoisotopic (exact) mass is 383 g/mol. The Morgan fingerprint density at radius 1 is 0.828 bits per heavy atom. The third-order valence-corrected chi connectivity index (χ3v) is 6.16. The first-order chi connectivity index (χ1) is 14.2. The van der Waals surface area contributed by atoms with Crippen LogP contribution < -0.4 is 5.32 Å². The highest BCUT2D eigenvalue weighted by Crippen LogP contribution is 2.40. The molecule has 0 aromatic heterocycles. The predicted molar refractivity (Wildman–Crippen MR) is 121 cm³/mol. The van der Waals surface area contributed by atoms with Crippen LogP contribution in [0.1, 0.15) is 48.4 Å². The van der Waals surface area contributed by atoms with Gasteiger partial charge in [0.15, 0.2) is 0 Å². The second-order valence-electron chi connectivity index (χ2n) is 7.99. The van der Waals surface area contributed by atoms with E-state index < -0.39 is 5.60 Å². The van der Waals surface area contributed by atoms with Crippen LogP contribution >= 0.6 is 0 Å². The zero-order chi connectivity index (χ0) is 20.1. The summed E-state index contributed by atoms with van der Waals surface area (Å²) in [7, 11) is 0. The fraction of sp³-hybridized carbons (Fsp3) is 0.259. The van der Waals surface area contributed by atoms with Crippen molar-refractivity contribution in [2.24, 2.45) is 0 Å². The van der Waals surface area contributed by atoms with Gasteiger partial charge >= 0.3 is 0 Å². The number of hydrogen-bond donors (Lipinski definition) is 2. The minimum atomic E-state index is -0.957. The Morgan fingerprint density at radius 3 is 1.90 bits per heavy atom. The summed E-state index contributed by atoms with van der Waals surface area (Å²) in [4.78, 5) is 0. The average molecular weight is 384 g/mol. The maximum absolute atomic E-state index is 11.8. The maximum atomic E-state index is 11.8. The molecule has 2 atom stereocenters.